The molecule has 0 aromatic heterocycles. The second kappa shape index (κ2) is 7.42. The molecule has 0 saturated heterocycles. The first-order valence-electron chi connectivity index (χ1n) is 7.36. The van der Waals surface area contributed by atoms with Crippen LogP contribution in [0.5, 0.6) is 0 Å². The zero-order valence-corrected chi connectivity index (χ0v) is 13.4. The van der Waals surface area contributed by atoms with Crippen LogP contribution >= 0.6 is 0 Å². The number of aryl methyl sites for hydroxylation is 1. The molecule has 0 fully saturated rings. The van der Waals surface area contributed by atoms with E-state index in [0.29, 0.717) is 5.69 Å². The number of rotatable bonds is 7. The Morgan fingerprint density at radius 1 is 0.955 bits per heavy atom. The van der Waals surface area contributed by atoms with E-state index in [-0.39, 0.29) is 11.5 Å². The molecule has 2 N–H and O–H groups in total. The maximum Gasteiger partial charge on any atom is 0.261 e. The van der Waals surface area contributed by atoms with Crippen molar-refractivity contribution in [2.45, 2.75) is 37.7 Å². The van der Waals surface area contributed by atoms with E-state index >= 15 is 0 Å². The van der Waals surface area contributed by atoms with E-state index in [1.807, 2.05) is 12.1 Å². The topological polar surface area (TPSA) is 66.4 Å². The Morgan fingerprint density at radius 3 is 2.09 bits per heavy atom. The minimum absolute atomic E-state index is 0.0632. The highest BCUT2D eigenvalue weighted by molar-refractivity contribution is 7.92. The first-order valence-corrected chi connectivity index (χ1v) is 8.85. The summed E-state index contributed by atoms with van der Waals surface area (Å²) >= 11 is 0. The number of nitrogens with one attached hydrogen (secondary N) is 1. The van der Waals surface area contributed by atoms with Gasteiger partial charge in [-0.3, -0.25) is 4.72 Å². The van der Waals surface area contributed by atoms with Crippen molar-refractivity contribution in [1.29, 1.82) is 0 Å². The lowest BCUT2D eigenvalue weighted by Gasteiger charge is -2.09. The van der Waals surface area contributed by atoms with Crippen LogP contribution in [0.25, 0.3) is 0 Å². The first kappa shape index (κ1) is 16.5. The lowest BCUT2D eigenvalue weighted by Crippen LogP contribution is -2.12. The number of aliphatic hydroxyl groups is 1. The van der Waals surface area contributed by atoms with Crippen molar-refractivity contribution in [2.75, 3.05) is 4.72 Å². The van der Waals surface area contributed by atoms with Crippen molar-refractivity contribution in [3.8, 4) is 0 Å². The van der Waals surface area contributed by atoms with E-state index in [9.17, 15) is 8.42 Å². The highest BCUT2D eigenvalue weighted by Crippen LogP contribution is 2.18. The Hall–Kier alpha value is -1.85. The lowest BCUT2D eigenvalue weighted by atomic mass is 10.1. The van der Waals surface area contributed by atoms with Gasteiger partial charge >= 0.3 is 0 Å². The van der Waals surface area contributed by atoms with Crippen LogP contribution in [0.2, 0.25) is 0 Å². The predicted molar refractivity (Wildman–Crippen MR) is 88.2 cm³/mol. The summed E-state index contributed by atoms with van der Waals surface area (Å²) in [5.74, 6) is 0. The van der Waals surface area contributed by atoms with Crippen LogP contribution < -0.4 is 4.72 Å². The van der Waals surface area contributed by atoms with Gasteiger partial charge in [-0.15, -0.1) is 0 Å². The third-order valence-corrected chi connectivity index (χ3v) is 4.84. The maximum atomic E-state index is 12.3. The molecule has 0 spiro atoms. The number of sulfonamides is 1. The fourth-order valence-corrected chi connectivity index (χ4v) is 3.17. The second-order valence-corrected chi connectivity index (χ2v) is 6.89. The van der Waals surface area contributed by atoms with E-state index in [0.717, 1.165) is 30.4 Å². The Morgan fingerprint density at radius 2 is 1.55 bits per heavy atom. The van der Waals surface area contributed by atoms with Gasteiger partial charge in [0.2, 0.25) is 0 Å². The van der Waals surface area contributed by atoms with Crippen LogP contribution in [-0.2, 0) is 23.1 Å². The number of unbranched alkanes of at least 4 members (excludes halogenated alkanes) is 1. The molecule has 0 atom stereocenters. The number of benzene rings is 2. The molecule has 0 aliphatic rings. The van der Waals surface area contributed by atoms with Crippen LogP contribution in [0, 0.1) is 0 Å². The average Bonchev–Trinajstić information content (AvgIpc) is 2.53. The van der Waals surface area contributed by atoms with Crippen molar-refractivity contribution < 1.29 is 13.5 Å². The molecule has 5 heteroatoms. The normalized spacial score (nSPS) is 11.4. The summed E-state index contributed by atoms with van der Waals surface area (Å²) in [6.07, 6.45) is 3.18. The van der Waals surface area contributed by atoms with Crippen LogP contribution in [0.3, 0.4) is 0 Å². The monoisotopic (exact) mass is 319 g/mol. The molecule has 0 saturated carbocycles. The summed E-state index contributed by atoms with van der Waals surface area (Å²) in [6, 6.07) is 13.6. The van der Waals surface area contributed by atoms with Crippen molar-refractivity contribution in [1.82, 2.24) is 0 Å². The Labute approximate surface area is 131 Å². The molecular formula is C17H21NO3S. The van der Waals surface area contributed by atoms with E-state index in [1.54, 1.807) is 36.4 Å². The van der Waals surface area contributed by atoms with Crippen molar-refractivity contribution >= 4 is 15.7 Å². The molecule has 2 aromatic carbocycles. The molecule has 0 aliphatic carbocycles. The molecule has 0 bridgehead atoms. The van der Waals surface area contributed by atoms with Gasteiger partial charge in [-0.1, -0.05) is 37.6 Å². The largest absolute Gasteiger partial charge is 0.392 e. The summed E-state index contributed by atoms with van der Waals surface area (Å²) in [5.41, 5.74) is 2.36. The van der Waals surface area contributed by atoms with Gasteiger partial charge in [-0.25, -0.2) is 8.42 Å². The molecule has 2 aromatic rings. The minimum atomic E-state index is -3.58. The minimum Gasteiger partial charge on any atom is -0.392 e. The zero-order chi connectivity index (χ0) is 16.0. The Kier molecular flexibility index (Phi) is 5.57. The Bertz CT molecular complexity index is 692. The van der Waals surface area contributed by atoms with Crippen LogP contribution in [0.4, 0.5) is 5.69 Å². The summed E-state index contributed by atoms with van der Waals surface area (Å²) < 4.78 is 27.2. The molecule has 2 rings (SSSR count). The van der Waals surface area contributed by atoms with Gasteiger partial charge in [0.1, 0.15) is 0 Å². The van der Waals surface area contributed by atoms with Gasteiger partial charge in [-0.05, 0) is 48.2 Å². The zero-order valence-electron chi connectivity index (χ0n) is 12.6. The molecule has 0 amide bonds. The van der Waals surface area contributed by atoms with Crippen molar-refractivity contribution in [3.63, 3.8) is 0 Å². The van der Waals surface area contributed by atoms with Crippen LogP contribution in [-0.4, -0.2) is 13.5 Å². The number of hydrogen-bond donors (Lipinski definition) is 2. The summed E-state index contributed by atoms with van der Waals surface area (Å²) in [6.45, 7) is 2.07. The van der Waals surface area contributed by atoms with Crippen LogP contribution in [0.15, 0.2) is 53.4 Å². The van der Waals surface area contributed by atoms with Gasteiger partial charge < -0.3 is 5.11 Å². The number of aliphatic hydroxyl groups excluding tert-OH is 1. The quantitative estimate of drug-likeness (QED) is 0.822. The summed E-state index contributed by atoms with van der Waals surface area (Å²) in [4.78, 5) is 0.249. The molecule has 22 heavy (non-hydrogen) atoms. The summed E-state index contributed by atoms with van der Waals surface area (Å²) in [7, 11) is -3.58. The van der Waals surface area contributed by atoms with E-state index in [4.69, 9.17) is 5.11 Å². The van der Waals surface area contributed by atoms with Crippen LogP contribution in [0.1, 0.15) is 30.9 Å². The van der Waals surface area contributed by atoms with Gasteiger partial charge in [0, 0.05) is 5.69 Å². The number of hydrogen-bond acceptors (Lipinski definition) is 3. The third kappa shape index (κ3) is 4.32. The molecule has 0 heterocycles. The van der Waals surface area contributed by atoms with Gasteiger partial charge in [0.25, 0.3) is 10.0 Å². The molecule has 0 unspecified atom stereocenters. The maximum absolute atomic E-state index is 12.3. The Balaban J connectivity index is 2.11. The highest BCUT2D eigenvalue weighted by atomic mass is 32.2. The van der Waals surface area contributed by atoms with E-state index < -0.39 is 10.0 Å². The second-order valence-electron chi connectivity index (χ2n) is 5.21. The third-order valence-electron chi connectivity index (χ3n) is 3.44. The van der Waals surface area contributed by atoms with Crippen molar-refractivity contribution in [3.05, 3.63) is 59.7 Å². The standard InChI is InChI=1S/C17H21NO3S/c1-2-3-4-14-7-11-17(12-8-14)22(20,21)18-16-9-5-15(13-19)6-10-16/h5-12,18-19H,2-4,13H2,1H3. The molecule has 118 valence electrons. The summed E-state index contributed by atoms with van der Waals surface area (Å²) in [5, 5.41) is 8.99. The highest BCUT2D eigenvalue weighted by Gasteiger charge is 2.13. The molecular weight excluding hydrogens is 298 g/mol. The smallest absolute Gasteiger partial charge is 0.261 e. The SMILES string of the molecule is CCCCc1ccc(S(=O)(=O)Nc2ccc(CO)cc2)cc1. The molecule has 0 radical (unpaired) electrons. The van der Waals surface area contributed by atoms with E-state index in [1.165, 1.54) is 0 Å². The lowest BCUT2D eigenvalue weighted by molar-refractivity contribution is 0.282. The first-order chi connectivity index (χ1) is 10.5. The van der Waals surface area contributed by atoms with Gasteiger partial charge in [0.15, 0.2) is 0 Å². The van der Waals surface area contributed by atoms with Gasteiger partial charge in [0.05, 0.1) is 11.5 Å². The fourth-order valence-electron chi connectivity index (χ4n) is 2.11. The fraction of sp³-hybridized carbons (Fsp3) is 0.294. The molecule has 4 nitrogen and oxygen atoms in total. The number of anilines is 1. The van der Waals surface area contributed by atoms with Gasteiger partial charge in [-0.2, -0.15) is 0 Å². The van der Waals surface area contributed by atoms with Crippen molar-refractivity contribution in [2.24, 2.45) is 0 Å². The molecule has 0 aliphatic heterocycles. The average molecular weight is 319 g/mol. The predicted octanol–water partition coefficient (Wildman–Crippen LogP) is 3.32. The van der Waals surface area contributed by atoms with E-state index in [2.05, 4.69) is 11.6 Å².